The SMILES string of the molecule is Cc1ccc([C@H](C)NC(=O)COC(=O)Cc2ccc(-c3ccccc3)cc2)cc1C. The van der Waals surface area contributed by atoms with Crippen LogP contribution in [0.25, 0.3) is 11.1 Å². The van der Waals surface area contributed by atoms with Crippen LogP contribution < -0.4 is 5.32 Å². The van der Waals surface area contributed by atoms with Crippen LogP contribution in [0, 0.1) is 13.8 Å². The summed E-state index contributed by atoms with van der Waals surface area (Å²) < 4.78 is 5.15. The van der Waals surface area contributed by atoms with Crippen molar-refractivity contribution in [1.82, 2.24) is 5.32 Å². The highest BCUT2D eigenvalue weighted by molar-refractivity contribution is 5.81. The topological polar surface area (TPSA) is 55.4 Å². The second kappa shape index (κ2) is 9.88. The van der Waals surface area contributed by atoms with Crippen LogP contribution in [0.2, 0.25) is 0 Å². The van der Waals surface area contributed by atoms with Crippen molar-refractivity contribution in [1.29, 1.82) is 0 Å². The highest BCUT2D eigenvalue weighted by Crippen LogP contribution is 2.19. The maximum absolute atomic E-state index is 12.1. The third kappa shape index (κ3) is 5.80. The average molecular weight is 402 g/mol. The van der Waals surface area contributed by atoms with Gasteiger partial charge in [0.05, 0.1) is 12.5 Å². The van der Waals surface area contributed by atoms with Crippen LogP contribution >= 0.6 is 0 Å². The normalized spacial score (nSPS) is 11.6. The quantitative estimate of drug-likeness (QED) is 0.571. The summed E-state index contributed by atoms with van der Waals surface area (Å²) in [6, 6.07) is 23.8. The lowest BCUT2D eigenvalue weighted by molar-refractivity contribution is -0.148. The molecule has 1 atom stereocenters. The standard InChI is InChI=1S/C26H27NO3/c1-18-9-12-24(15-19(18)2)20(3)27-25(28)17-30-26(29)16-21-10-13-23(14-11-21)22-7-5-4-6-8-22/h4-15,20H,16-17H2,1-3H3,(H,27,28)/t20-/m0/s1. The molecule has 1 N–H and O–H groups in total. The number of carbonyl (C=O) groups excluding carboxylic acids is 2. The van der Waals surface area contributed by atoms with Crippen molar-refractivity contribution in [2.45, 2.75) is 33.2 Å². The first-order chi connectivity index (χ1) is 14.4. The second-order valence-electron chi connectivity index (χ2n) is 7.53. The summed E-state index contributed by atoms with van der Waals surface area (Å²) in [6.07, 6.45) is 0.134. The molecular weight excluding hydrogens is 374 g/mol. The Morgan fingerprint density at radius 1 is 0.867 bits per heavy atom. The first-order valence-electron chi connectivity index (χ1n) is 10.1. The fourth-order valence-electron chi connectivity index (χ4n) is 3.21. The minimum absolute atomic E-state index is 0.134. The smallest absolute Gasteiger partial charge is 0.310 e. The Bertz CT molecular complexity index is 1010. The Labute approximate surface area is 177 Å². The summed E-state index contributed by atoms with van der Waals surface area (Å²) in [4.78, 5) is 24.3. The van der Waals surface area contributed by atoms with Crippen LogP contribution in [0.5, 0.6) is 0 Å². The maximum Gasteiger partial charge on any atom is 0.310 e. The fraction of sp³-hybridized carbons (Fsp3) is 0.231. The molecule has 4 nitrogen and oxygen atoms in total. The molecule has 0 aliphatic rings. The van der Waals surface area contributed by atoms with Gasteiger partial charge < -0.3 is 10.1 Å². The summed E-state index contributed by atoms with van der Waals surface area (Å²) >= 11 is 0. The number of ether oxygens (including phenoxy) is 1. The molecule has 154 valence electrons. The molecule has 0 radical (unpaired) electrons. The van der Waals surface area contributed by atoms with E-state index in [-0.39, 0.29) is 25.0 Å². The number of amides is 1. The maximum atomic E-state index is 12.1. The first-order valence-corrected chi connectivity index (χ1v) is 10.1. The van der Waals surface area contributed by atoms with Crippen molar-refractivity contribution < 1.29 is 14.3 Å². The van der Waals surface area contributed by atoms with E-state index in [1.54, 1.807) is 0 Å². The summed E-state index contributed by atoms with van der Waals surface area (Å²) in [5.41, 5.74) is 6.48. The molecule has 3 aromatic rings. The monoisotopic (exact) mass is 401 g/mol. The van der Waals surface area contributed by atoms with Gasteiger partial charge in [0.2, 0.25) is 0 Å². The van der Waals surface area contributed by atoms with E-state index in [9.17, 15) is 9.59 Å². The highest BCUT2D eigenvalue weighted by atomic mass is 16.5. The van der Waals surface area contributed by atoms with Crippen LogP contribution in [0.4, 0.5) is 0 Å². The molecule has 1 amide bonds. The molecule has 0 saturated heterocycles. The van der Waals surface area contributed by atoms with Crippen molar-refractivity contribution in [3.63, 3.8) is 0 Å². The zero-order chi connectivity index (χ0) is 21.5. The van der Waals surface area contributed by atoms with Gasteiger partial charge >= 0.3 is 5.97 Å². The summed E-state index contributed by atoms with van der Waals surface area (Å²) in [6.45, 7) is 5.73. The van der Waals surface area contributed by atoms with Gasteiger partial charge in [-0.25, -0.2) is 0 Å². The van der Waals surface area contributed by atoms with Crippen molar-refractivity contribution in [3.8, 4) is 11.1 Å². The van der Waals surface area contributed by atoms with Crippen LogP contribution in [-0.2, 0) is 20.7 Å². The van der Waals surface area contributed by atoms with E-state index in [0.717, 1.165) is 22.3 Å². The Balaban J connectivity index is 1.47. The molecule has 0 fully saturated rings. The third-order valence-corrected chi connectivity index (χ3v) is 5.18. The molecule has 0 bridgehead atoms. The largest absolute Gasteiger partial charge is 0.455 e. The Kier molecular flexibility index (Phi) is 7.02. The van der Waals surface area contributed by atoms with Crippen molar-refractivity contribution >= 4 is 11.9 Å². The zero-order valence-corrected chi connectivity index (χ0v) is 17.6. The summed E-state index contributed by atoms with van der Waals surface area (Å²) in [7, 11) is 0. The van der Waals surface area contributed by atoms with E-state index in [2.05, 4.69) is 18.3 Å². The van der Waals surface area contributed by atoms with E-state index in [4.69, 9.17) is 4.74 Å². The molecule has 0 aromatic heterocycles. The Hall–Kier alpha value is -3.40. The number of hydrogen-bond donors (Lipinski definition) is 1. The summed E-state index contributed by atoms with van der Waals surface area (Å²) in [5.74, 6) is -0.732. The second-order valence-corrected chi connectivity index (χ2v) is 7.53. The zero-order valence-electron chi connectivity index (χ0n) is 17.6. The van der Waals surface area contributed by atoms with Gasteiger partial charge in [-0.05, 0) is 54.2 Å². The van der Waals surface area contributed by atoms with E-state index in [1.165, 1.54) is 11.1 Å². The fourth-order valence-corrected chi connectivity index (χ4v) is 3.21. The van der Waals surface area contributed by atoms with Crippen molar-refractivity contribution in [3.05, 3.63) is 95.1 Å². The molecule has 3 aromatic carbocycles. The average Bonchev–Trinajstić information content (AvgIpc) is 2.75. The predicted octanol–water partition coefficient (Wildman–Crippen LogP) is 4.93. The van der Waals surface area contributed by atoms with E-state index < -0.39 is 5.97 Å². The van der Waals surface area contributed by atoms with Crippen LogP contribution in [0.3, 0.4) is 0 Å². The Morgan fingerprint density at radius 3 is 2.20 bits per heavy atom. The van der Waals surface area contributed by atoms with Gasteiger partial charge in [0, 0.05) is 0 Å². The molecule has 3 rings (SSSR count). The number of carbonyl (C=O) groups is 2. The molecule has 0 spiro atoms. The molecule has 0 unspecified atom stereocenters. The van der Waals surface area contributed by atoms with Crippen LogP contribution in [0.15, 0.2) is 72.8 Å². The molecular formula is C26H27NO3. The van der Waals surface area contributed by atoms with Crippen molar-refractivity contribution in [2.24, 2.45) is 0 Å². The highest BCUT2D eigenvalue weighted by Gasteiger charge is 2.13. The molecule has 0 aliphatic carbocycles. The molecule has 0 aliphatic heterocycles. The first kappa shape index (κ1) is 21.3. The van der Waals surface area contributed by atoms with E-state index in [0.29, 0.717) is 0 Å². The van der Waals surface area contributed by atoms with E-state index >= 15 is 0 Å². The minimum Gasteiger partial charge on any atom is -0.455 e. The van der Waals surface area contributed by atoms with Gasteiger partial charge in [-0.3, -0.25) is 9.59 Å². The predicted molar refractivity (Wildman–Crippen MR) is 119 cm³/mol. The van der Waals surface area contributed by atoms with Gasteiger partial charge in [-0.15, -0.1) is 0 Å². The van der Waals surface area contributed by atoms with E-state index in [1.807, 2.05) is 80.6 Å². The van der Waals surface area contributed by atoms with Gasteiger partial charge in [-0.1, -0.05) is 72.8 Å². The third-order valence-electron chi connectivity index (χ3n) is 5.18. The summed E-state index contributed by atoms with van der Waals surface area (Å²) in [5, 5.41) is 2.87. The number of benzene rings is 3. The van der Waals surface area contributed by atoms with Gasteiger partial charge in [-0.2, -0.15) is 0 Å². The van der Waals surface area contributed by atoms with Crippen LogP contribution in [0.1, 0.15) is 35.2 Å². The lowest BCUT2D eigenvalue weighted by Crippen LogP contribution is -2.31. The molecule has 0 heterocycles. The Morgan fingerprint density at radius 2 is 1.53 bits per heavy atom. The number of rotatable bonds is 7. The minimum atomic E-state index is -0.420. The number of hydrogen-bond acceptors (Lipinski definition) is 3. The number of aryl methyl sites for hydroxylation is 2. The van der Waals surface area contributed by atoms with Gasteiger partial charge in [0.1, 0.15) is 0 Å². The van der Waals surface area contributed by atoms with Gasteiger partial charge in [0.25, 0.3) is 5.91 Å². The number of nitrogens with one attached hydrogen (secondary N) is 1. The lowest BCUT2D eigenvalue weighted by atomic mass is 10.0. The van der Waals surface area contributed by atoms with Crippen molar-refractivity contribution in [2.75, 3.05) is 6.61 Å². The van der Waals surface area contributed by atoms with Crippen LogP contribution in [-0.4, -0.2) is 18.5 Å². The molecule has 30 heavy (non-hydrogen) atoms. The lowest BCUT2D eigenvalue weighted by Gasteiger charge is -2.16. The number of esters is 1. The molecule has 0 saturated carbocycles. The molecule has 4 heteroatoms. The van der Waals surface area contributed by atoms with Gasteiger partial charge in [0.15, 0.2) is 6.61 Å².